The van der Waals surface area contributed by atoms with E-state index in [9.17, 15) is 4.79 Å². The van der Waals surface area contributed by atoms with Gasteiger partial charge in [0, 0.05) is 10.6 Å². The number of carbonyl (C=O) groups is 1. The number of aromatic nitrogens is 2. The number of rotatable bonds is 6. The highest BCUT2D eigenvalue weighted by Crippen LogP contribution is 2.27. The second-order valence-corrected chi connectivity index (χ2v) is 7.03. The third kappa shape index (κ3) is 4.84. The molecule has 1 atom stereocenters. The third-order valence-electron chi connectivity index (χ3n) is 4.54. The molecule has 3 aromatic carbocycles. The van der Waals surface area contributed by atoms with Crippen molar-refractivity contribution >= 4 is 23.3 Å². The van der Waals surface area contributed by atoms with Gasteiger partial charge in [0.2, 0.25) is 11.8 Å². The molecule has 0 radical (unpaired) electrons. The zero-order valence-corrected chi connectivity index (χ0v) is 17.3. The highest BCUT2D eigenvalue weighted by molar-refractivity contribution is 6.30. The summed E-state index contributed by atoms with van der Waals surface area (Å²) in [7, 11) is 1.54. The maximum atomic E-state index is 12.8. The Labute approximate surface area is 184 Å². The van der Waals surface area contributed by atoms with Crippen molar-refractivity contribution in [3.05, 3.63) is 95.3 Å². The number of carbonyl (C=O) groups excluding carboxylic acids is 1. The Bertz CT molecular complexity index is 1160. The number of nitrogens with zero attached hydrogens (tertiary/aromatic N) is 2. The molecular formula is C23H19ClN4O3. The molecule has 0 fully saturated rings. The van der Waals surface area contributed by atoms with Crippen molar-refractivity contribution < 1.29 is 13.9 Å². The Morgan fingerprint density at radius 1 is 0.968 bits per heavy atom. The van der Waals surface area contributed by atoms with E-state index in [0.717, 1.165) is 11.1 Å². The lowest BCUT2D eigenvalue weighted by Crippen LogP contribution is -2.33. The van der Waals surface area contributed by atoms with E-state index in [1.54, 1.807) is 43.5 Å². The van der Waals surface area contributed by atoms with Crippen LogP contribution in [0.5, 0.6) is 5.75 Å². The molecule has 31 heavy (non-hydrogen) atoms. The second kappa shape index (κ2) is 9.32. The lowest BCUT2D eigenvalue weighted by molar-refractivity contribution is 0.248. The van der Waals surface area contributed by atoms with Gasteiger partial charge in [-0.05, 0) is 42.0 Å². The standard InChI is InChI=1S/C23H19ClN4O3/c1-30-19-10-6-5-9-18(19)25-23(29)26-20(15-7-3-2-4-8-15)22-28-27-21(31-22)16-11-13-17(24)14-12-16/h2-14,20H,1H3,(H2,25,26,29)/t20-/m1/s1. The summed E-state index contributed by atoms with van der Waals surface area (Å²) in [4.78, 5) is 12.8. The van der Waals surface area contributed by atoms with Crippen molar-refractivity contribution in [2.24, 2.45) is 0 Å². The van der Waals surface area contributed by atoms with E-state index in [0.29, 0.717) is 22.4 Å². The van der Waals surface area contributed by atoms with Crippen LogP contribution in [0, 0.1) is 0 Å². The van der Waals surface area contributed by atoms with Crippen LogP contribution in [0.1, 0.15) is 17.5 Å². The van der Waals surface area contributed by atoms with E-state index in [1.807, 2.05) is 42.5 Å². The van der Waals surface area contributed by atoms with Gasteiger partial charge < -0.3 is 19.8 Å². The van der Waals surface area contributed by atoms with Crippen LogP contribution in [-0.4, -0.2) is 23.3 Å². The van der Waals surface area contributed by atoms with E-state index in [-0.39, 0.29) is 5.89 Å². The molecule has 7 nitrogen and oxygen atoms in total. The van der Waals surface area contributed by atoms with E-state index < -0.39 is 12.1 Å². The first-order valence-electron chi connectivity index (χ1n) is 9.49. The number of para-hydroxylation sites is 2. The number of nitrogens with one attached hydrogen (secondary N) is 2. The fourth-order valence-electron chi connectivity index (χ4n) is 3.03. The van der Waals surface area contributed by atoms with Crippen LogP contribution in [0.3, 0.4) is 0 Å². The predicted molar refractivity (Wildman–Crippen MR) is 118 cm³/mol. The van der Waals surface area contributed by atoms with Gasteiger partial charge in [0.25, 0.3) is 0 Å². The van der Waals surface area contributed by atoms with Crippen molar-refractivity contribution in [3.8, 4) is 17.2 Å². The van der Waals surface area contributed by atoms with Gasteiger partial charge in [0.05, 0.1) is 12.8 Å². The number of urea groups is 1. The normalized spacial score (nSPS) is 11.5. The van der Waals surface area contributed by atoms with Gasteiger partial charge in [-0.2, -0.15) is 0 Å². The Balaban J connectivity index is 1.60. The number of hydrogen-bond donors (Lipinski definition) is 2. The Morgan fingerprint density at radius 3 is 2.42 bits per heavy atom. The van der Waals surface area contributed by atoms with Gasteiger partial charge in [-0.3, -0.25) is 0 Å². The number of hydrogen-bond acceptors (Lipinski definition) is 5. The minimum Gasteiger partial charge on any atom is -0.495 e. The summed E-state index contributed by atoms with van der Waals surface area (Å²) in [5.41, 5.74) is 2.07. The molecule has 4 rings (SSSR count). The highest BCUT2D eigenvalue weighted by Gasteiger charge is 2.24. The first kappa shape index (κ1) is 20.4. The van der Waals surface area contributed by atoms with Crippen LogP contribution < -0.4 is 15.4 Å². The van der Waals surface area contributed by atoms with Gasteiger partial charge in [-0.15, -0.1) is 10.2 Å². The molecule has 0 aliphatic heterocycles. The van der Waals surface area contributed by atoms with Crippen LogP contribution in [0.25, 0.3) is 11.5 Å². The van der Waals surface area contributed by atoms with Gasteiger partial charge >= 0.3 is 6.03 Å². The average molecular weight is 435 g/mol. The zero-order chi connectivity index (χ0) is 21.6. The summed E-state index contributed by atoms with van der Waals surface area (Å²) in [6.07, 6.45) is 0. The van der Waals surface area contributed by atoms with Crippen LogP contribution in [-0.2, 0) is 0 Å². The fourth-order valence-corrected chi connectivity index (χ4v) is 3.16. The van der Waals surface area contributed by atoms with E-state index >= 15 is 0 Å². The number of ether oxygens (including phenoxy) is 1. The first-order chi connectivity index (χ1) is 15.1. The molecule has 0 aliphatic rings. The number of methoxy groups -OCH3 is 1. The zero-order valence-electron chi connectivity index (χ0n) is 16.6. The van der Waals surface area contributed by atoms with E-state index in [4.69, 9.17) is 20.8 Å². The van der Waals surface area contributed by atoms with Crippen molar-refractivity contribution in [2.75, 3.05) is 12.4 Å². The first-order valence-corrected chi connectivity index (χ1v) is 9.86. The molecule has 2 amide bonds. The highest BCUT2D eigenvalue weighted by atomic mass is 35.5. The summed E-state index contributed by atoms with van der Waals surface area (Å²) < 4.78 is 11.2. The molecule has 0 saturated heterocycles. The molecule has 0 unspecified atom stereocenters. The Hall–Kier alpha value is -3.84. The number of benzene rings is 3. The van der Waals surface area contributed by atoms with Crippen molar-refractivity contribution in [1.29, 1.82) is 0 Å². The van der Waals surface area contributed by atoms with Gasteiger partial charge in [-0.1, -0.05) is 54.1 Å². The van der Waals surface area contributed by atoms with Crippen LogP contribution in [0.15, 0.2) is 83.3 Å². The van der Waals surface area contributed by atoms with Crippen molar-refractivity contribution in [2.45, 2.75) is 6.04 Å². The SMILES string of the molecule is COc1ccccc1NC(=O)N[C@H](c1ccccc1)c1nnc(-c2ccc(Cl)cc2)o1. The van der Waals surface area contributed by atoms with Crippen LogP contribution >= 0.6 is 11.6 Å². The van der Waals surface area contributed by atoms with Crippen LogP contribution in [0.4, 0.5) is 10.5 Å². The predicted octanol–water partition coefficient (Wildman–Crippen LogP) is 5.31. The van der Waals surface area contributed by atoms with Gasteiger partial charge in [0.1, 0.15) is 11.8 Å². The van der Waals surface area contributed by atoms with Crippen LogP contribution in [0.2, 0.25) is 5.02 Å². The summed E-state index contributed by atoms with van der Waals surface area (Å²) in [6, 6.07) is 22.5. The third-order valence-corrected chi connectivity index (χ3v) is 4.79. The summed E-state index contributed by atoms with van der Waals surface area (Å²) in [5.74, 6) is 1.14. The maximum Gasteiger partial charge on any atom is 0.320 e. The quantitative estimate of drug-likeness (QED) is 0.429. The molecule has 2 N–H and O–H groups in total. The lowest BCUT2D eigenvalue weighted by atomic mass is 10.1. The molecule has 156 valence electrons. The molecule has 0 aliphatic carbocycles. The van der Waals surface area contributed by atoms with Gasteiger partial charge in [0.15, 0.2) is 0 Å². The fraction of sp³-hybridized carbons (Fsp3) is 0.0870. The summed E-state index contributed by atoms with van der Waals surface area (Å²) in [5, 5.41) is 14.6. The maximum absolute atomic E-state index is 12.8. The molecule has 0 spiro atoms. The molecule has 0 bridgehead atoms. The minimum absolute atomic E-state index is 0.256. The number of anilines is 1. The van der Waals surface area contributed by atoms with E-state index in [1.165, 1.54) is 0 Å². The largest absolute Gasteiger partial charge is 0.495 e. The smallest absolute Gasteiger partial charge is 0.320 e. The van der Waals surface area contributed by atoms with Crippen molar-refractivity contribution in [3.63, 3.8) is 0 Å². The summed E-state index contributed by atoms with van der Waals surface area (Å²) >= 11 is 5.95. The molecular weight excluding hydrogens is 416 g/mol. The second-order valence-electron chi connectivity index (χ2n) is 6.59. The summed E-state index contributed by atoms with van der Waals surface area (Å²) in [6.45, 7) is 0. The molecule has 4 aromatic rings. The van der Waals surface area contributed by atoms with Gasteiger partial charge in [-0.25, -0.2) is 4.79 Å². The van der Waals surface area contributed by atoms with Crippen molar-refractivity contribution in [1.82, 2.24) is 15.5 Å². The lowest BCUT2D eigenvalue weighted by Gasteiger charge is -2.17. The van der Waals surface area contributed by atoms with E-state index in [2.05, 4.69) is 20.8 Å². The average Bonchev–Trinajstić information content (AvgIpc) is 3.29. The number of amides is 2. The molecule has 8 heteroatoms. The molecule has 1 heterocycles. The molecule has 1 aromatic heterocycles. The topological polar surface area (TPSA) is 89.3 Å². The Kier molecular flexibility index (Phi) is 6.14. The number of halogens is 1. The minimum atomic E-state index is -0.649. The Morgan fingerprint density at radius 2 is 1.68 bits per heavy atom. The molecule has 0 saturated carbocycles. The monoisotopic (exact) mass is 434 g/mol.